The van der Waals surface area contributed by atoms with Crippen molar-refractivity contribution in [3.05, 3.63) is 30.3 Å². The smallest absolute Gasteiger partial charge is 0.181 e. The molecule has 22 heavy (non-hydrogen) atoms. The lowest BCUT2D eigenvalue weighted by molar-refractivity contribution is -0.0274. The van der Waals surface area contributed by atoms with Crippen LogP contribution < -0.4 is 0 Å². The molecule has 4 nitrogen and oxygen atoms in total. The molecule has 6 rings (SSSR count). The van der Waals surface area contributed by atoms with Gasteiger partial charge in [0.1, 0.15) is 5.69 Å². The van der Waals surface area contributed by atoms with Gasteiger partial charge in [-0.1, -0.05) is 0 Å². The Hall–Kier alpha value is -1.68. The highest BCUT2D eigenvalue weighted by atomic mass is 16.3. The zero-order valence-electron chi connectivity index (χ0n) is 12.6. The quantitative estimate of drug-likeness (QED) is 0.816. The molecule has 0 N–H and O–H groups in total. The van der Waals surface area contributed by atoms with E-state index < -0.39 is 0 Å². The number of hydrogen-bond donors (Lipinski definition) is 0. The van der Waals surface area contributed by atoms with Gasteiger partial charge in [0.2, 0.25) is 0 Å². The molecule has 3 aliphatic heterocycles. The van der Waals surface area contributed by atoms with Crippen LogP contribution in [0.5, 0.6) is 0 Å². The van der Waals surface area contributed by atoms with Crippen molar-refractivity contribution in [2.45, 2.75) is 37.6 Å². The normalized spacial score (nSPS) is 31.7. The maximum atomic E-state index is 12.8. The van der Waals surface area contributed by atoms with E-state index in [1.165, 1.54) is 38.8 Å². The standard InChI is InChI=1S/C18H20N2O2/c21-16(15-9-13-3-8-22-17(13)11-19-15)10-14-12-1-6-20(7-2-12)18(14)4-5-18/h3,8-9,11-12,14H,1-2,4-7,10H2/t14-/m0/s1. The summed E-state index contributed by atoms with van der Waals surface area (Å²) in [6, 6.07) is 3.77. The van der Waals surface area contributed by atoms with Crippen molar-refractivity contribution in [1.29, 1.82) is 0 Å². The maximum absolute atomic E-state index is 12.8. The van der Waals surface area contributed by atoms with E-state index in [1.54, 1.807) is 12.5 Å². The number of piperidine rings is 3. The Morgan fingerprint density at radius 3 is 2.95 bits per heavy atom. The molecule has 4 heteroatoms. The molecule has 4 fully saturated rings. The summed E-state index contributed by atoms with van der Waals surface area (Å²) < 4.78 is 5.31. The van der Waals surface area contributed by atoms with Gasteiger partial charge in [-0.15, -0.1) is 0 Å². The summed E-state index contributed by atoms with van der Waals surface area (Å²) in [5.74, 6) is 1.49. The minimum absolute atomic E-state index is 0.202. The number of pyridine rings is 1. The molecule has 114 valence electrons. The Labute approximate surface area is 129 Å². The molecule has 5 heterocycles. The molecule has 2 aromatic heterocycles. The summed E-state index contributed by atoms with van der Waals surface area (Å²) in [6.07, 6.45) is 9.10. The fraction of sp³-hybridized carbons (Fsp3) is 0.556. The second-order valence-electron chi connectivity index (χ2n) is 7.19. The molecule has 0 radical (unpaired) electrons. The topological polar surface area (TPSA) is 46.3 Å². The van der Waals surface area contributed by atoms with E-state index in [1.807, 2.05) is 12.1 Å². The molecule has 2 aromatic rings. The molecule has 4 aliphatic rings. The van der Waals surface area contributed by atoms with Gasteiger partial charge in [-0.3, -0.25) is 9.69 Å². The van der Waals surface area contributed by atoms with E-state index in [0.29, 0.717) is 23.6 Å². The molecule has 1 atom stereocenters. The van der Waals surface area contributed by atoms with Crippen LogP contribution in [0.15, 0.2) is 29.0 Å². The van der Waals surface area contributed by atoms with Gasteiger partial charge < -0.3 is 4.42 Å². The molecular formula is C18H20N2O2. The van der Waals surface area contributed by atoms with Crippen molar-refractivity contribution in [3.8, 4) is 0 Å². The molecule has 1 aliphatic carbocycles. The van der Waals surface area contributed by atoms with Crippen LogP contribution in [0.4, 0.5) is 0 Å². The minimum Gasteiger partial charge on any atom is -0.463 e. The summed E-state index contributed by atoms with van der Waals surface area (Å²) >= 11 is 0. The molecule has 0 aromatic carbocycles. The third-order valence-corrected chi connectivity index (χ3v) is 6.22. The maximum Gasteiger partial charge on any atom is 0.181 e. The Balaban J connectivity index is 1.42. The Morgan fingerprint density at radius 2 is 2.18 bits per heavy atom. The van der Waals surface area contributed by atoms with Gasteiger partial charge in [0.05, 0.1) is 12.5 Å². The lowest BCUT2D eigenvalue weighted by atomic mass is 9.69. The van der Waals surface area contributed by atoms with Crippen LogP contribution >= 0.6 is 0 Å². The summed E-state index contributed by atoms with van der Waals surface area (Å²) in [7, 11) is 0. The first-order valence-electron chi connectivity index (χ1n) is 8.38. The Morgan fingerprint density at radius 1 is 1.36 bits per heavy atom. The van der Waals surface area contributed by atoms with Gasteiger partial charge in [0, 0.05) is 17.3 Å². The highest BCUT2D eigenvalue weighted by Crippen LogP contribution is 2.58. The molecule has 0 amide bonds. The average Bonchev–Trinajstić information content (AvgIpc) is 3.18. The van der Waals surface area contributed by atoms with Crippen molar-refractivity contribution >= 4 is 16.8 Å². The fourth-order valence-electron chi connectivity index (χ4n) is 4.92. The van der Waals surface area contributed by atoms with Crippen LogP contribution in [0.2, 0.25) is 0 Å². The number of furan rings is 1. The van der Waals surface area contributed by atoms with Crippen molar-refractivity contribution in [2.75, 3.05) is 13.1 Å². The highest BCUT2D eigenvalue weighted by Gasteiger charge is 2.60. The van der Waals surface area contributed by atoms with Gasteiger partial charge in [-0.05, 0) is 62.7 Å². The summed E-state index contributed by atoms with van der Waals surface area (Å²) in [5, 5.41) is 0.966. The molecule has 1 saturated carbocycles. The van der Waals surface area contributed by atoms with Crippen molar-refractivity contribution in [2.24, 2.45) is 11.8 Å². The van der Waals surface area contributed by atoms with Crippen LogP contribution in [0.25, 0.3) is 11.0 Å². The lowest BCUT2D eigenvalue weighted by Crippen LogP contribution is -2.57. The number of Topliss-reactive ketones (excluding diaryl/α,β-unsaturated/α-hetero) is 1. The predicted molar refractivity (Wildman–Crippen MR) is 82.7 cm³/mol. The number of carbonyl (C=O) groups excluding carboxylic acids is 1. The first-order chi connectivity index (χ1) is 10.8. The molecule has 2 bridgehead atoms. The molecule has 3 saturated heterocycles. The second kappa shape index (κ2) is 4.42. The zero-order valence-corrected chi connectivity index (χ0v) is 12.6. The van der Waals surface area contributed by atoms with Gasteiger partial charge in [0.25, 0.3) is 0 Å². The Kier molecular flexibility index (Phi) is 2.57. The predicted octanol–water partition coefficient (Wildman–Crippen LogP) is 3.28. The van der Waals surface area contributed by atoms with E-state index in [0.717, 1.165) is 16.9 Å². The highest BCUT2D eigenvalue weighted by molar-refractivity contribution is 5.97. The minimum atomic E-state index is 0.202. The summed E-state index contributed by atoms with van der Waals surface area (Å²) in [4.78, 5) is 19.7. The first-order valence-corrected chi connectivity index (χ1v) is 8.38. The molecule has 1 spiro atoms. The lowest BCUT2D eigenvalue weighted by Gasteiger charge is -2.52. The third-order valence-electron chi connectivity index (χ3n) is 6.22. The molecular weight excluding hydrogens is 276 g/mol. The zero-order chi connectivity index (χ0) is 14.7. The van der Waals surface area contributed by atoms with Crippen LogP contribution in [-0.4, -0.2) is 34.3 Å². The number of hydrogen-bond acceptors (Lipinski definition) is 4. The fourth-order valence-corrected chi connectivity index (χ4v) is 4.92. The average molecular weight is 296 g/mol. The van der Waals surface area contributed by atoms with E-state index in [4.69, 9.17) is 4.42 Å². The van der Waals surface area contributed by atoms with Crippen molar-refractivity contribution < 1.29 is 9.21 Å². The number of carbonyl (C=O) groups is 1. The van der Waals surface area contributed by atoms with Crippen molar-refractivity contribution in [3.63, 3.8) is 0 Å². The largest absolute Gasteiger partial charge is 0.463 e. The van der Waals surface area contributed by atoms with E-state index >= 15 is 0 Å². The Bertz CT molecular complexity index is 738. The van der Waals surface area contributed by atoms with Gasteiger partial charge in [-0.2, -0.15) is 0 Å². The third kappa shape index (κ3) is 1.73. The van der Waals surface area contributed by atoms with E-state index in [2.05, 4.69) is 9.88 Å². The number of nitrogens with zero attached hydrogens (tertiary/aromatic N) is 2. The van der Waals surface area contributed by atoms with Crippen LogP contribution in [0.3, 0.4) is 0 Å². The molecule has 0 unspecified atom stereocenters. The van der Waals surface area contributed by atoms with E-state index in [-0.39, 0.29) is 5.78 Å². The van der Waals surface area contributed by atoms with Gasteiger partial charge in [0.15, 0.2) is 11.4 Å². The number of fused-ring (bicyclic) bond motifs is 3. The monoisotopic (exact) mass is 296 g/mol. The van der Waals surface area contributed by atoms with Crippen LogP contribution in [-0.2, 0) is 0 Å². The number of aromatic nitrogens is 1. The SMILES string of the molecule is O=C(C[C@H]1C2CCN(CC2)C12CC2)c1cc2ccoc2cn1. The summed E-state index contributed by atoms with van der Waals surface area (Å²) in [5.41, 5.74) is 1.72. The second-order valence-corrected chi connectivity index (χ2v) is 7.19. The van der Waals surface area contributed by atoms with E-state index in [9.17, 15) is 4.79 Å². The van der Waals surface area contributed by atoms with Gasteiger partial charge in [-0.25, -0.2) is 4.98 Å². The van der Waals surface area contributed by atoms with Crippen LogP contribution in [0, 0.1) is 11.8 Å². The van der Waals surface area contributed by atoms with Crippen molar-refractivity contribution in [1.82, 2.24) is 9.88 Å². The number of ketones is 1. The van der Waals surface area contributed by atoms with Gasteiger partial charge >= 0.3 is 0 Å². The van der Waals surface area contributed by atoms with Crippen LogP contribution in [0.1, 0.15) is 42.6 Å². The number of rotatable bonds is 3. The first kappa shape index (κ1) is 12.8. The summed E-state index contributed by atoms with van der Waals surface area (Å²) in [6.45, 7) is 2.49.